The SMILES string of the molecule is Cc1cc(C(=O)N[C@@H](C)C(=O)OC(C)(C)C)c(C)nn1. The van der Waals surface area contributed by atoms with Crippen LogP contribution in [0.3, 0.4) is 0 Å². The molecule has 110 valence electrons. The summed E-state index contributed by atoms with van der Waals surface area (Å²) >= 11 is 0. The normalized spacial score (nSPS) is 12.7. The van der Waals surface area contributed by atoms with E-state index in [9.17, 15) is 9.59 Å². The summed E-state index contributed by atoms with van der Waals surface area (Å²) in [5, 5.41) is 10.4. The average Bonchev–Trinajstić information content (AvgIpc) is 2.29. The minimum absolute atomic E-state index is 0.362. The Kier molecular flexibility index (Phi) is 4.81. The van der Waals surface area contributed by atoms with Gasteiger partial charge in [0.25, 0.3) is 5.91 Å². The second-order valence-corrected chi connectivity index (χ2v) is 5.71. The summed E-state index contributed by atoms with van der Waals surface area (Å²) in [6.45, 7) is 10.4. The predicted molar refractivity (Wildman–Crippen MR) is 74.3 cm³/mol. The lowest BCUT2D eigenvalue weighted by atomic mass is 10.1. The maximum atomic E-state index is 12.1. The Labute approximate surface area is 118 Å². The van der Waals surface area contributed by atoms with Crippen molar-refractivity contribution in [3.8, 4) is 0 Å². The summed E-state index contributed by atoms with van der Waals surface area (Å²) in [4.78, 5) is 23.9. The fraction of sp³-hybridized carbons (Fsp3) is 0.571. The zero-order valence-corrected chi connectivity index (χ0v) is 12.8. The van der Waals surface area contributed by atoms with Gasteiger partial charge in [-0.3, -0.25) is 4.79 Å². The lowest BCUT2D eigenvalue weighted by molar-refractivity contribution is -0.156. The second-order valence-electron chi connectivity index (χ2n) is 5.71. The summed E-state index contributed by atoms with van der Waals surface area (Å²) in [7, 11) is 0. The Hall–Kier alpha value is -1.98. The van der Waals surface area contributed by atoms with E-state index in [4.69, 9.17) is 4.74 Å². The molecule has 20 heavy (non-hydrogen) atoms. The van der Waals surface area contributed by atoms with Crippen molar-refractivity contribution >= 4 is 11.9 Å². The topological polar surface area (TPSA) is 81.2 Å². The Morgan fingerprint density at radius 3 is 2.40 bits per heavy atom. The van der Waals surface area contributed by atoms with Crippen molar-refractivity contribution in [2.24, 2.45) is 0 Å². The van der Waals surface area contributed by atoms with Crippen LogP contribution in [0.4, 0.5) is 0 Å². The van der Waals surface area contributed by atoms with Crippen LogP contribution in [0.5, 0.6) is 0 Å². The van der Waals surface area contributed by atoms with E-state index >= 15 is 0 Å². The van der Waals surface area contributed by atoms with E-state index in [-0.39, 0.29) is 5.91 Å². The molecule has 1 amide bonds. The fourth-order valence-corrected chi connectivity index (χ4v) is 1.50. The van der Waals surface area contributed by atoms with Crippen LogP contribution in [0.1, 0.15) is 49.4 Å². The van der Waals surface area contributed by atoms with Gasteiger partial charge >= 0.3 is 5.97 Å². The van der Waals surface area contributed by atoms with Crippen LogP contribution in [0, 0.1) is 13.8 Å². The first-order valence-corrected chi connectivity index (χ1v) is 6.45. The van der Waals surface area contributed by atoms with E-state index < -0.39 is 17.6 Å². The molecule has 1 N–H and O–H groups in total. The van der Waals surface area contributed by atoms with Crippen LogP contribution in [0.15, 0.2) is 6.07 Å². The monoisotopic (exact) mass is 279 g/mol. The number of amides is 1. The van der Waals surface area contributed by atoms with Gasteiger partial charge in [-0.1, -0.05) is 0 Å². The molecule has 1 atom stereocenters. The van der Waals surface area contributed by atoms with Gasteiger partial charge in [0.2, 0.25) is 0 Å². The lowest BCUT2D eigenvalue weighted by Gasteiger charge is -2.22. The van der Waals surface area contributed by atoms with E-state index in [0.29, 0.717) is 17.0 Å². The van der Waals surface area contributed by atoms with Crippen molar-refractivity contribution < 1.29 is 14.3 Å². The first kappa shape index (κ1) is 16.1. The van der Waals surface area contributed by atoms with Gasteiger partial charge in [-0.25, -0.2) is 4.79 Å². The highest BCUT2D eigenvalue weighted by molar-refractivity contribution is 5.97. The molecule has 0 aliphatic carbocycles. The van der Waals surface area contributed by atoms with Crippen LogP contribution in [0.2, 0.25) is 0 Å². The van der Waals surface area contributed by atoms with Gasteiger partial charge in [0.15, 0.2) is 0 Å². The summed E-state index contributed by atoms with van der Waals surface area (Å²) in [6.07, 6.45) is 0. The zero-order chi connectivity index (χ0) is 15.5. The molecule has 0 aliphatic rings. The number of aromatic nitrogens is 2. The third-order valence-electron chi connectivity index (χ3n) is 2.45. The molecule has 0 unspecified atom stereocenters. The maximum Gasteiger partial charge on any atom is 0.328 e. The van der Waals surface area contributed by atoms with Crippen molar-refractivity contribution in [3.63, 3.8) is 0 Å². The van der Waals surface area contributed by atoms with Gasteiger partial charge in [-0.2, -0.15) is 10.2 Å². The molecule has 6 nitrogen and oxygen atoms in total. The van der Waals surface area contributed by atoms with Crippen LogP contribution < -0.4 is 5.32 Å². The van der Waals surface area contributed by atoms with E-state index in [1.165, 1.54) is 0 Å². The smallest absolute Gasteiger partial charge is 0.328 e. The zero-order valence-electron chi connectivity index (χ0n) is 12.8. The number of nitrogens with one attached hydrogen (secondary N) is 1. The van der Waals surface area contributed by atoms with E-state index in [1.54, 1.807) is 47.6 Å². The van der Waals surface area contributed by atoms with Crippen molar-refractivity contribution in [3.05, 3.63) is 23.0 Å². The van der Waals surface area contributed by atoms with E-state index in [2.05, 4.69) is 15.5 Å². The van der Waals surface area contributed by atoms with Crippen molar-refractivity contribution in [1.82, 2.24) is 15.5 Å². The quantitative estimate of drug-likeness (QED) is 0.849. The van der Waals surface area contributed by atoms with Crippen LogP contribution in [0.25, 0.3) is 0 Å². The first-order valence-electron chi connectivity index (χ1n) is 6.45. The standard InChI is InChI=1S/C14H21N3O3/c1-8-7-11(9(2)17-16-8)12(18)15-10(3)13(19)20-14(4,5)6/h7,10H,1-6H3,(H,15,18)/t10-/m0/s1. The molecule has 1 rings (SSSR count). The molecule has 0 saturated carbocycles. The molecule has 0 radical (unpaired) electrons. The highest BCUT2D eigenvalue weighted by atomic mass is 16.6. The van der Waals surface area contributed by atoms with Crippen LogP contribution in [-0.4, -0.2) is 33.7 Å². The number of ether oxygens (including phenoxy) is 1. The summed E-state index contributed by atoms with van der Waals surface area (Å²) < 4.78 is 5.21. The number of hydrogen-bond donors (Lipinski definition) is 1. The minimum Gasteiger partial charge on any atom is -0.458 e. The molecule has 0 aromatic carbocycles. The van der Waals surface area contributed by atoms with Gasteiger partial charge < -0.3 is 10.1 Å². The van der Waals surface area contributed by atoms with Gasteiger partial charge in [0.1, 0.15) is 11.6 Å². The molecular formula is C14H21N3O3. The Bertz CT molecular complexity index is 521. The lowest BCUT2D eigenvalue weighted by Crippen LogP contribution is -2.42. The highest BCUT2D eigenvalue weighted by Gasteiger charge is 2.24. The van der Waals surface area contributed by atoms with Crippen molar-refractivity contribution in [2.45, 2.75) is 53.2 Å². The van der Waals surface area contributed by atoms with Crippen molar-refractivity contribution in [1.29, 1.82) is 0 Å². The van der Waals surface area contributed by atoms with Gasteiger partial charge in [0.05, 0.1) is 17.0 Å². The number of hydrogen-bond acceptors (Lipinski definition) is 5. The summed E-state index contributed by atoms with van der Waals surface area (Å²) in [5.41, 5.74) is 0.990. The molecule has 0 aliphatic heterocycles. The number of nitrogens with zero attached hydrogens (tertiary/aromatic N) is 2. The highest BCUT2D eigenvalue weighted by Crippen LogP contribution is 2.09. The molecule has 1 aromatic heterocycles. The first-order chi connectivity index (χ1) is 9.10. The molecule has 0 spiro atoms. The Morgan fingerprint density at radius 2 is 1.85 bits per heavy atom. The van der Waals surface area contributed by atoms with Crippen LogP contribution in [-0.2, 0) is 9.53 Å². The minimum atomic E-state index is -0.727. The molecular weight excluding hydrogens is 258 g/mol. The number of aryl methyl sites for hydroxylation is 2. The number of esters is 1. The molecule has 1 aromatic rings. The molecule has 0 bridgehead atoms. The largest absolute Gasteiger partial charge is 0.458 e. The Balaban J connectivity index is 2.75. The molecule has 1 heterocycles. The van der Waals surface area contributed by atoms with E-state index in [1.807, 2.05) is 0 Å². The second kappa shape index (κ2) is 5.98. The third-order valence-corrected chi connectivity index (χ3v) is 2.45. The van der Waals surface area contributed by atoms with Gasteiger partial charge in [-0.05, 0) is 47.6 Å². The fourth-order valence-electron chi connectivity index (χ4n) is 1.50. The van der Waals surface area contributed by atoms with Crippen molar-refractivity contribution in [2.75, 3.05) is 0 Å². The third kappa shape index (κ3) is 4.60. The summed E-state index contributed by atoms with van der Waals surface area (Å²) in [6, 6.07) is 0.911. The number of rotatable bonds is 3. The van der Waals surface area contributed by atoms with Gasteiger partial charge in [-0.15, -0.1) is 0 Å². The molecule has 0 saturated heterocycles. The summed E-state index contributed by atoms with van der Waals surface area (Å²) in [5.74, 6) is -0.832. The average molecular weight is 279 g/mol. The molecule has 0 fully saturated rings. The van der Waals surface area contributed by atoms with Crippen LogP contribution >= 0.6 is 0 Å². The Morgan fingerprint density at radius 1 is 1.25 bits per heavy atom. The predicted octanol–water partition coefficient (Wildman–Crippen LogP) is 1.55. The molecule has 6 heteroatoms. The maximum absolute atomic E-state index is 12.1. The van der Waals surface area contributed by atoms with Gasteiger partial charge in [0, 0.05) is 0 Å². The number of carbonyl (C=O) groups excluding carboxylic acids is 2. The van der Waals surface area contributed by atoms with E-state index in [0.717, 1.165) is 0 Å². The number of carbonyl (C=O) groups is 2.